The fourth-order valence-electron chi connectivity index (χ4n) is 2.58. The van der Waals surface area contributed by atoms with E-state index in [0.29, 0.717) is 6.07 Å². The Morgan fingerprint density at radius 2 is 1.72 bits per heavy atom. The quantitative estimate of drug-likeness (QED) is 0.451. The van der Waals surface area contributed by atoms with Crippen LogP contribution in [0.5, 0.6) is 5.75 Å². The zero-order valence-corrected chi connectivity index (χ0v) is 16.3. The Bertz CT molecular complexity index is 1120. The van der Waals surface area contributed by atoms with Gasteiger partial charge in [-0.3, -0.25) is 14.6 Å². The van der Waals surface area contributed by atoms with E-state index >= 15 is 0 Å². The maximum atomic E-state index is 13.3. The van der Waals surface area contributed by atoms with E-state index in [1.165, 1.54) is 19.2 Å². The lowest BCUT2D eigenvalue weighted by molar-refractivity contribution is -0.140. The molecule has 0 fully saturated rings. The Labute approximate surface area is 176 Å². The van der Waals surface area contributed by atoms with Crippen molar-refractivity contribution in [2.75, 3.05) is 13.7 Å². The molecule has 0 aliphatic heterocycles. The Hall–Kier alpha value is -3.77. The van der Waals surface area contributed by atoms with Crippen LogP contribution in [0.1, 0.15) is 16.1 Å². The zero-order valence-electron chi connectivity index (χ0n) is 16.3. The van der Waals surface area contributed by atoms with Crippen molar-refractivity contribution < 1.29 is 35.9 Å². The number of H-pyrrole nitrogens is 1. The fraction of sp³-hybridized carbons (Fsp3) is 0.211. The molecule has 0 saturated carbocycles. The van der Waals surface area contributed by atoms with Crippen LogP contribution in [0.15, 0.2) is 51.4 Å². The molecular formula is C19H16F6N4O3. The lowest BCUT2D eigenvalue weighted by Gasteiger charge is -2.15. The predicted octanol–water partition coefficient (Wildman–Crippen LogP) is 3.01. The molecule has 5 N–H and O–H groups in total. The molecule has 2 rings (SSSR count). The van der Waals surface area contributed by atoms with Crippen molar-refractivity contribution in [3.63, 3.8) is 0 Å². The number of benzene rings is 1. The molecule has 2 aromatic rings. The third kappa shape index (κ3) is 5.68. The second-order valence-electron chi connectivity index (χ2n) is 6.30. The molecule has 0 aliphatic carbocycles. The summed E-state index contributed by atoms with van der Waals surface area (Å²) >= 11 is 0. The Morgan fingerprint density at radius 3 is 2.19 bits per heavy atom. The third-order valence-electron chi connectivity index (χ3n) is 4.09. The molecule has 7 nitrogen and oxygen atoms in total. The first kappa shape index (κ1) is 24.5. The number of amides is 1. The smallest absolute Gasteiger partial charge is 0.431 e. The van der Waals surface area contributed by atoms with Crippen molar-refractivity contribution >= 4 is 12.1 Å². The maximum Gasteiger partial charge on any atom is 0.431 e. The summed E-state index contributed by atoms with van der Waals surface area (Å²) < 4.78 is 83.6. The number of carbonyl (C=O) groups excluding carboxylic acids is 1. The van der Waals surface area contributed by atoms with Crippen LogP contribution in [0.2, 0.25) is 0 Å². The first-order valence-electron chi connectivity index (χ1n) is 8.61. The van der Waals surface area contributed by atoms with E-state index in [4.69, 9.17) is 16.2 Å². The van der Waals surface area contributed by atoms with Crippen LogP contribution in [0.4, 0.5) is 26.3 Å². The highest BCUT2D eigenvalue weighted by molar-refractivity contribution is 5.94. The highest BCUT2D eigenvalue weighted by Gasteiger charge is 2.36. The van der Waals surface area contributed by atoms with Gasteiger partial charge in [0, 0.05) is 24.4 Å². The summed E-state index contributed by atoms with van der Waals surface area (Å²) in [6, 6.07) is 5.41. The third-order valence-corrected chi connectivity index (χ3v) is 4.09. The van der Waals surface area contributed by atoms with Crippen molar-refractivity contribution in [3.05, 3.63) is 63.2 Å². The van der Waals surface area contributed by atoms with Crippen molar-refractivity contribution in [3.8, 4) is 16.9 Å². The number of pyridine rings is 1. The number of primary amides is 1. The molecular weight excluding hydrogens is 446 g/mol. The van der Waals surface area contributed by atoms with Gasteiger partial charge in [0.05, 0.1) is 0 Å². The molecule has 0 bridgehead atoms. The standard InChI is InChI=1S/C19H16F6N4O3/c1-28-7-10(14(26)18(20,21)22)8-32-11-4-2-9(3-5-11)12-6-13(16(27)30)17(31)29-15(12)19(23,24)25/h2-7H,8,26H2,1H3,(H2,27,30)(H,29,31). The van der Waals surface area contributed by atoms with Crippen molar-refractivity contribution in [2.24, 2.45) is 16.5 Å². The van der Waals surface area contributed by atoms with E-state index in [0.717, 1.165) is 18.3 Å². The fourth-order valence-corrected chi connectivity index (χ4v) is 2.58. The van der Waals surface area contributed by atoms with Gasteiger partial charge in [0.15, 0.2) is 0 Å². The van der Waals surface area contributed by atoms with Gasteiger partial charge in [-0.25, -0.2) is 0 Å². The van der Waals surface area contributed by atoms with Gasteiger partial charge in [0.1, 0.15) is 29.3 Å². The summed E-state index contributed by atoms with van der Waals surface area (Å²) in [5.41, 5.74) is 4.27. The first-order chi connectivity index (χ1) is 14.8. The minimum Gasteiger partial charge on any atom is -0.489 e. The molecule has 0 unspecified atom stereocenters. The zero-order chi connectivity index (χ0) is 24.3. The molecule has 172 valence electrons. The van der Waals surface area contributed by atoms with Gasteiger partial charge in [0.25, 0.3) is 11.5 Å². The Balaban J connectivity index is 2.40. The summed E-state index contributed by atoms with van der Waals surface area (Å²) in [5.74, 6) is -1.21. The van der Waals surface area contributed by atoms with Gasteiger partial charge in [-0.2, -0.15) is 26.3 Å². The molecule has 0 saturated heterocycles. The van der Waals surface area contributed by atoms with Crippen LogP contribution in [0, 0.1) is 0 Å². The normalized spacial score (nSPS) is 13.2. The van der Waals surface area contributed by atoms with Gasteiger partial charge in [0.2, 0.25) is 0 Å². The van der Waals surface area contributed by atoms with Crippen LogP contribution < -0.4 is 21.8 Å². The average Bonchev–Trinajstić information content (AvgIpc) is 2.69. The number of allylic oxidation sites excluding steroid dienone is 1. The van der Waals surface area contributed by atoms with E-state index < -0.39 is 58.5 Å². The molecule has 1 amide bonds. The molecule has 0 aliphatic rings. The molecule has 1 aromatic carbocycles. The average molecular weight is 462 g/mol. The van der Waals surface area contributed by atoms with E-state index in [9.17, 15) is 35.9 Å². The number of nitrogens with one attached hydrogen (secondary N) is 1. The summed E-state index contributed by atoms with van der Waals surface area (Å²) in [6.07, 6.45) is -8.88. The van der Waals surface area contributed by atoms with Crippen LogP contribution in [-0.4, -0.2) is 36.9 Å². The number of aromatic nitrogens is 1. The Kier molecular flexibility index (Phi) is 7.01. The van der Waals surface area contributed by atoms with Crippen molar-refractivity contribution in [2.45, 2.75) is 12.4 Å². The largest absolute Gasteiger partial charge is 0.489 e. The topological polar surface area (TPSA) is 124 Å². The lowest BCUT2D eigenvalue weighted by atomic mass is 10.0. The number of nitrogens with two attached hydrogens (primary N) is 2. The summed E-state index contributed by atoms with van der Waals surface area (Å²) in [7, 11) is 1.24. The second kappa shape index (κ2) is 9.16. The van der Waals surface area contributed by atoms with Crippen LogP contribution in [0.25, 0.3) is 11.1 Å². The Morgan fingerprint density at radius 1 is 1.12 bits per heavy atom. The van der Waals surface area contributed by atoms with Gasteiger partial charge in [-0.15, -0.1) is 0 Å². The first-order valence-corrected chi connectivity index (χ1v) is 8.61. The molecule has 0 radical (unpaired) electrons. The SMILES string of the molecule is CN=CC(COc1ccc(-c2cc(C(N)=O)c(=O)[nH]c2C(F)(F)F)cc1)=C(N)C(F)(F)F. The van der Waals surface area contributed by atoms with Crippen LogP contribution >= 0.6 is 0 Å². The number of halogens is 6. The number of hydrogen-bond acceptors (Lipinski definition) is 5. The molecule has 1 heterocycles. The highest BCUT2D eigenvalue weighted by atomic mass is 19.4. The minimum atomic E-state index is -4.95. The molecule has 13 heteroatoms. The molecule has 0 spiro atoms. The van der Waals surface area contributed by atoms with E-state index in [1.807, 2.05) is 0 Å². The number of alkyl halides is 6. The molecule has 32 heavy (non-hydrogen) atoms. The van der Waals surface area contributed by atoms with Crippen LogP contribution in [-0.2, 0) is 6.18 Å². The van der Waals surface area contributed by atoms with Crippen molar-refractivity contribution in [1.82, 2.24) is 4.98 Å². The number of aromatic amines is 1. The minimum absolute atomic E-state index is 0.0128. The number of ether oxygens (including phenoxy) is 1. The number of rotatable bonds is 6. The molecule has 0 atom stereocenters. The maximum absolute atomic E-state index is 13.3. The van der Waals surface area contributed by atoms with Crippen molar-refractivity contribution in [1.29, 1.82) is 0 Å². The number of aliphatic imine (C=N–C) groups is 1. The van der Waals surface area contributed by atoms with E-state index in [-0.39, 0.29) is 11.3 Å². The predicted molar refractivity (Wildman–Crippen MR) is 103 cm³/mol. The lowest BCUT2D eigenvalue weighted by Crippen LogP contribution is -2.27. The van der Waals surface area contributed by atoms with Gasteiger partial charge in [-0.05, 0) is 23.8 Å². The van der Waals surface area contributed by atoms with E-state index in [2.05, 4.69) is 4.99 Å². The monoisotopic (exact) mass is 462 g/mol. The number of carbonyl (C=O) groups is 1. The summed E-state index contributed by atoms with van der Waals surface area (Å²) in [6.45, 7) is -0.611. The van der Waals surface area contributed by atoms with Crippen LogP contribution in [0.3, 0.4) is 0 Å². The summed E-state index contributed by atoms with van der Waals surface area (Å²) in [5, 5.41) is 0. The van der Waals surface area contributed by atoms with Gasteiger partial charge < -0.3 is 21.2 Å². The summed E-state index contributed by atoms with van der Waals surface area (Å²) in [4.78, 5) is 28.1. The van der Waals surface area contributed by atoms with E-state index in [1.54, 1.807) is 4.98 Å². The number of hydrogen-bond donors (Lipinski definition) is 3. The highest BCUT2D eigenvalue weighted by Crippen LogP contribution is 2.36. The van der Waals surface area contributed by atoms with Gasteiger partial charge >= 0.3 is 12.4 Å². The van der Waals surface area contributed by atoms with Gasteiger partial charge in [-0.1, -0.05) is 12.1 Å². The molecule has 1 aromatic heterocycles. The number of nitrogens with zero attached hydrogens (tertiary/aromatic N) is 1. The second-order valence-corrected chi connectivity index (χ2v) is 6.30.